The molecule has 1 aromatic heterocycles. The number of halogens is 1. The number of aromatic nitrogens is 2. The fourth-order valence-electron chi connectivity index (χ4n) is 5.75. The van der Waals surface area contributed by atoms with Crippen molar-refractivity contribution in [2.24, 2.45) is 0 Å². The van der Waals surface area contributed by atoms with Crippen LogP contribution in [0.25, 0.3) is 0 Å². The van der Waals surface area contributed by atoms with E-state index in [-0.39, 0.29) is 24.7 Å². The Morgan fingerprint density at radius 2 is 1.50 bits per heavy atom. The van der Waals surface area contributed by atoms with Gasteiger partial charge in [0, 0.05) is 37.6 Å². The molecule has 1 saturated heterocycles. The van der Waals surface area contributed by atoms with Crippen LogP contribution < -0.4 is 21.1 Å². The highest BCUT2D eigenvalue weighted by Gasteiger charge is 2.55. The van der Waals surface area contributed by atoms with E-state index >= 15 is 4.39 Å². The van der Waals surface area contributed by atoms with Crippen LogP contribution in [0.15, 0.2) is 125 Å². The van der Waals surface area contributed by atoms with Crippen LogP contribution >= 0.6 is 7.37 Å². The number of rotatable bonds is 24. The van der Waals surface area contributed by atoms with Crippen LogP contribution in [0, 0.1) is 0 Å². The Balaban J connectivity index is 1.36. The summed E-state index contributed by atoms with van der Waals surface area (Å²) in [6.07, 6.45) is 29.6. The van der Waals surface area contributed by atoms with Crippen molar-refractivity contribution in [1.82, 2.24) is 14.9 Å². The molecule has 1 fully saturated rings. The van der Waals surface area contributed by atoms with Crippen molar-refractivity contribution in [3.63, 3.8) is 0 Å². The van der Waals surface area contributed by atoms with Crippen molar-refractivity contribution >= 4 is 13.3 Å². The van der Waals surface area contributed by atoms with Gasteiger partial charge in [-0.1, -0.05) is 98.0 Å². The topological polar surface area (TPSA) is 140 Å². The van der Waals surface area contributed by atoms with Crippen LogP contribution in [0.2, 0.25) is 0 Å². The number of aliphatic hydroxyl groups is 1. The molecule has 54 heavy (non-hydrogen) atoms. The number of nitrogens with zero attached hydrogens (tertiary/aromatic N) is 1. The number of alkyl halides is 1. The molecule has 1 aromatic carbocycles. The van der Waals surface area contributed by atoms with E-state index in [9.17, 15) is 24.1 Å². The van der Waals surface area contributed by atoms with Crippen molar-refractivity contribution in [2.75, 3.05) is 18.9 Å². The van der Waals surface area contributed by atoms with E-state index in [1.807, 2.05) is 12.2 Å². The number of para-hydroxylation sites is 1. The number of benzene rings is 1. The molecule has 294 valence electrons. The van der Waals surface area contributed by atoms with Crippen LogP contribution in [-0.2, 0) is 14.1 Å². The molecule has 2 aromatic rings. The maximum absolute atomic E-state index is 15.7. The predicted octanol–water partition coefficient (Wildman–Crippen LogP) is 8.25. The lowest BCUT2D eigenvalue weighted by atomic mass is 9.97. The van der Waals surface area contributed by atoms with Gasteiger partial charge in [0.2, 0.25) is 13.3 Å². The highest BCUT2D eigenvalue weighted by molar-refractivity contribution is 7.59. The minimum atomic E-state index is -3.40. The van der Waals surface area contributed by atoms with Crippen LogP contribution in [-0.4, -0.2) is 57.3 Å². The normalized spacial score (nSPS) is 21.7. The van der Waals surface area contributed by atoms with Crippen LogP contribution in [0.3, 0.4) is 0 Å². The van der Waals surface area contributed by atoms with E-state index in [0.717, 1.165) is 62.3 Å². The predicted molar refractivity (Wildman–Crippen MR) is 215 cm³/mol. The number of amides is 1. The molecule has 10 nitrogen and oxygen atoms in total. The summed E-state index contributed by atoms with van der Waals surface area (Å²) in [6.45, 7) is 3.55. The third-order valence-electron chi connectivity index (χ3n) is 8.72. The molecular formula is C42H57FN3O7P. The highest BCUT2D eigenvalue weighted by Crippen LogP contribution is 2.50. The fraction of sp³-hybridized carbons (Fsp3) is 0.452. The summed E-state index contributed by atoms with van der Waals surface area (Å²) in [4.78, 5) is 38.3. The summed E-state index contributed by atoms with van der Waals surface area (Å²) in [6, 6.07) is 9.73. The summed E-state index contributed by atoms with van der Waals surface area (Å²) in [5.41, 5.74) is -3.89. The fourth-order valence-corrected chi connectivity index (χ4v) is 7.95. The molecule has 0 saturated carbocycles. The van der Waals surface area contributed by atoms with E-state index in [4.69, 9.17) is 9.26 Å². The lowest BCUT2D eigenvalue weighted by Gasteiger charge is -2.24. The molecule has 1 unspecified atom stereocenters. The molecule has 0 aliphatic carbocycles. The summed E-state index contributed by atoms with van der Waals surface area (Å²) < 4.78 is 42.4. The van der Waals surface area contributed by atoms with Crippen molar-refractivity contribution in [1.29, 1.82) is 0 Å². The summed E-state index contributed by atoms with van der Waals surface area (Å²) >= 11 is 0. The standard InChI is InChI=1S/C42H57FN3O7P/c1-3-4-5-6-7-8-9-10-11-12-13-14-15-16-17-18-19-20-24-28-37(47)44-31-25-33-54(51,53-35-26-22-21-23-27-35)34-30-36-39(49)42(2,43)40(52-36)46-32-29-38(48)45-41(46)50/h4-5,7-8,10-11,13-14,16-17,19-23,26-27,29,32,36,39-40,49H,3,6,9,12,15,18,24-25,28,30-31,33-34H2,1-2H3,(H,44,47)(H,45,48,50)/b5-4-,8-7-,11-10-,14-13-,17-16-,20-19-/t36-,39-,40-,42-,54?/m1/s1. The quantitative estimate of drug-likeness (QED) is 0.0556. The van der Waals surface area contributed by atoms with E-state index < -0.39 is 42.7 Å². The minimum absolute atomic E-state index is 0.0162. The van der Waals surface area contributed by atoms with Crippen molar-refractivity contribution in [2.45, 2.75) is 102 Å². The number of carbonyl (C=O) groups excluding carboxylic acids is 1. The number of aliphatic hydroxyl groups excluding tert-OH is 1. The number of hydrogen-bond donors (Lipinski definition) is 3. The van der Waals surface area contributed by atoms with Gasteiger partial charge in [0.15, 0.2) is 11.9 Å². The van der Waals surface area contributed by atoms with Gasteiger partial charge >= 0.3 is 5.69 Å². The SMILES string of the molecule is CC/C=C\C/C=C\C/C=C\C/C=C\C/C=C\C/C=C\CCC(=O)NCCCP(=O)(CC[C@H]1O[C@@H](n2ccc(=O)[nH]c2=O)[C@](C)(F)[C@@H]1O)Oc1ccccc1. The third kappa shape index (κ3) is 16.0. The average molecular weight is 766 g/mol. The summed E-state index contributed by atoms with van der Waals surface area (Å²) in [5, 5.41) is 13.7. The highest BCUT2D eigenvalue weighted by atomic mass is 31.2. The van der Waals surface area contributed by atoms with Crippen LogP contribution in [0.4, 0.5) is 4.39 Å². The van der Waals surface area contributed by atoms with Gasteiger partial charge in [0.25, 0.3) is 5.56 Å². The monoisotopic (exact) mass is 765 g/mol. The molecule has 12 heteroatoms. The Kier molecular flexibility index (Phi) is 19.7. The molecule has 1 aliphatic rings. The molecule has 1 aliphatic heterocycles. The first kappa shape index (κ1) is 44.1. The molecule has 0 spiro atoms. The largest absolute Gasteiger partial charge is 0.443 e. The van der Waals surface area contributed by atoms with Gasteiger partial charge in [0.1, 0.15) is 11.9 Å². The Morgan fingerprint density at radius 3 is 2.07 bits per heavy atom. The number of carbonyl (C=O) groups is 1. The molecule has 5 atom stereocenters. The lowest BCUT2D eigenvalue weighted by molar-refractivity contribution is -0.121. The van der Waals surface area contributed by atoms with Crippen LogP contribution in [0.1, 0.15) is 84.3 Å². The average Bonchev–Trinajstić information content (AvgIpc) is 3.37. The van der Waals surface area contributed by atoms with Gasteiger partial charge < -0.3 is 19.7 Å². The van der Waals surface area contributed by atoms with Crippen LogP contribution in [0.5, 0.6) is 5.75 Å². The Bertz CT molecular complexity index is 1760. The van der Waals surface area contributed by atoms with E-state index in [1.165, 1.54) is 0 Å². The number of hydrogen-bond acceptors (Lipinski definition) is 7. The summed E-state index contributed by atoms with van der Waals surface area (Å²) in [5.74, 6) is 0.295. The Morgan fingerprint density at radius 1 is 0.926 bits per heavy atom. The minimum Gasteiger partial charge on any atom is -0.443 e. The maximum atomic E-state index is 15.7. The van der Waals surface area contributed by atoms with Crippen molar-refractivity contribution in [3.8, 4) is 5.75 Å². The first-order valence-electron chi connectivity index (χ1n) is 18.9. The number of nitrogens with one attached hydrogen (secondary N) is 2. The zero-order valence-corrected chi connectivity index (χ0v) is 32.5. The smallest absolute Gasteiger partial charge is 0.330 e. The number of allylic oxidation sites excluding steroid dienone is 12. The number of ether oxygens (including phenoxy) is 1. The van der Waals surface area contributed by atoms with Gasteiger partial charge in [-0.2, -0.15) is 0 Å². The number of aromatic amines is 1. The van der Waals surface area contributed by atoms with Gasteiger partial charge in [0.05, 0.1) is 6.10 Å². The van der Waals surface area contributed by atoms with E-state index in [2.05, 4.69) is 78.0 Å². The second kappa shape index (κ2) is 24.2. The molecule has 3 rings (SSSR count). The first-order chi connectivity index (χ1) is 26.1. The molecular weight excluding hydrogens is 708 g/mol. The second-order valence-electron chi connectivity index (χ2n) is 13.3. The Hall–Kier alpha value is -4.31. The zero-order chi connectivity index (χ0) is 39.1. The zero-order valence-electron chi connectivity index (χ0n) is 31.6. The van der Waals surface area contributed by atoms with Gasteiger partial charge in [-0.15, -0.1) is 0 Å². The maximum Gasteiger partial charge on any atom is 0.330 e. The van der Waals surface area contributed by atoms with Crippen molar-refractivity contribution < 1.29 is 28.1 Å². The summed E-state index contributed by atoms with van der Waals surface area (Å²) in [7, 11) is -3.40. The van der Waals surface area contributed by atoms with E-state index in [0.29, 0.717) is 31.6 Å². The van der Waals surface area contributed by atoms with Gasteiger partial charge in [-0.3, -0.25) is 23.7 Å². The van der Waals surface area contributed by atoms with Gasteiger partial charge in [-0.25, -0.2) is 9.18 Å². The molecule has 2 heterocycles. The molecule has 0 bridgehead atoms. The van der Waals surface area contributed by atoms with Gasteiger partial charge in [-0.05, 0) is 76.8 Å². The van der Waals surface area contributed by atoms with E-state index in [1.54, 1.807) is 30.3 Å². The Labute approximate surface area is 318 Å². The lowest BCUT2D eigenvalue weighted by Crippen LogP contribution is -2.43. The molecule has 3 N–H and O–H groups in total. The second-order valence-corrected chi connectivity index (χ2v) is 16.0. The molecule has 0 radical (unpaired) electrons. The molecule has 1 amide bonds. The third-order valence-corrected chi connectivity index (χ3v) is 11.2. The van der Waals surface area contributed by atoms with Crippen molar-refractivity contribution in [3.05, 3.63) is 136 Å². The first-order valence-corrected chi connectivity index (χ1v) is 20.9. The number of H-pyrrole nitrogens is 1.